The lowest BCUT2D eigenvalue weighted by atomic mass is 9.58. The van der Waals surface area contributed by atoms with Gasteiger partial charge in [-0.05, 0) is 39.8 Å². The molecule has 0 radical (unpaired) electrons. The fourth-order valence-electron chi connectivity index (χ4n) is 4.34. The maximum Gasteiger partial charge on any atom is 0.225 e. The summed E-state index contributed by atoms with van der Waals surface area (Å²) < 4.78 is 11.4. The molecule has 0 aromatic rings. The summed E-state index contributed by atoms with van der Waals surface area (Å²) in [7, 11) is 4.07. The second kappa shape index (κ2) is 7.68. The molecule has 3 rings (SSSR count). The number of carbonyl (C=O) groups is 1. The number of likely N-dealkylation sites (N-methyl/N-ethyl adjacent to an activating group) is 1. The number of hydrogen-bond acceptors (Lipinski definition) is 5. The summed E-state index contributed by atoms with van der Waals surface area (Å²) in [5.74, 6) is 0.415. The number of ether oxygens (including phenoxy) is 2. The van der Waals surface area contributed by atoms with E-state index in [9.17, 15) is 9.90 Å². The van der Waals surface area contributed by atoms with Crippen LogP contribution >= 0.6 is 0 Å². The summed E-state index contributed by atoms with van der Waals surface area (Å²) in [6.07, 6.45) is 4.01. The summed E-state index contributed by atoms with van der Waals surface area (Å²) in [5, 5.41) is 10.4. The molecule has 1 aliphatic carbocycles. The van der Waals surface area contributed by atoms with E-state index in [0.717, 1.165) is 51.7 Å². The fourth-order valence-corrected chi connectivity index (χ4v) is 4.34. The molecule has 138 valence electrons. The molecule has 6 heteroatoms. The monoisotopic (exact) mass is 340 g/mol. The number of likely N-dealkylation sites (tertiary alicyclic amines) is 1. The van der Waals surface area contributed by atoms with Crippen LogP contribution in [0.25, 0.3) is 0 Å². The molecule has 2 atom stereocenters. The summed E-state index contributed by atoms with van der Waals surface area (Å²) in [6, 6.07) is 0. The van der Waals surface area contributed by atoms with Crippen LogP contribution in [-0.4, -0.2) is 86.6 Å². The van der Waals surface area contributed by atoms with Gasteiger partial charge in [0, 0.05) is 50.6 Å². The molecule has 0 bridgehead atoms. The lowest BCUT2D eigenvalue weighted by molar-refractivity contribution is -0.212. The average molecular weight is 340 g/mol. The van der Waals surface area contributed by atoms with E-state index in [1.54, 1.807) is 0 Å². The van der Waals surface area contributed by atoms with Crippen molar-refractivity contribution in [1.82, 2.24) is 9.80 Å². The van der Waals surface area contributed by atoms with Gasteiger partial charge >= 0.3 is 0 Å². The number of hydrogen-bond donors (Lipinski definition) is 1. The lowest BCUT2D eigenvalue weighted by Crippen LogP contribution is -2.63. The first kappa shape index (κ1) is 18.1. The maximum absolute atomic E-state index is 12.7. The van der Waals surface area contributed by atoms with E-state index < -0.39 is 0 Å². The fraction of sp³-hybridized carbons (Fsp3) is 0.944. The zero-order chi connectivity index (χ0) is 17.2. The molecule has 0 unspecified atom stereocenters. The predicted molar refractivity (Wildman–Crippen MR) is 90.7 cm³/mol. The van der Waals surface area contributed by atoms with Crippen LogP contribution in [0.1, 0.15) is 32.1 Å². The van der Waals surface area contributed by atoms with Crippen molar-refractivity contribution >= 4 is 5.91 Å². The lowest BCUT2D eigenvalue weighted by Gasteiger charge is -2.56. The van der Waals surface area contributed by atoms with Gasteiger partial charge in [0.25, 0.3) is 0 Å². The molecule has 1 spiro atoms. The van der Waals surface area contributed by atoms with E-state index in [1.807, 2.05) is 19.0 Å². The quantitative estimate of drug-likeness (QED) is 0.800. The normalized spacial score (nSPS) is 30.6. The molecular weight excluding hydrogens is 308 g/mol. The number of nitrogens with zero attached hydrogens (tertiary/aromatic N) is 2. The van der Waals surface area contributed by atoms with Crippen LogP contribution in [0.2, 0.25) is 0 Å². The van der Waals surface area contributed by atoms with Crippen LogP contribution in [-0.2, 0) is 14.3 Å². The second-order valence-electron chi connectivity index (χ2n) is 7.86. The molecular formula is C18H32N2O4. The first-order valence-corrected chi connectivity index (χ1v) is 9.34. The van der Waals surface area contributed by atoms with E-state index in [1.165, 1.54) is 0 Å². The van der Waals surface area contributed by atoms with Gasteiger partial charge in [0.2, 0.25) is 5.91 Å². The van der Waals surface area contributed by atoms with Crippen LogP contribution in [0, 0.1) is 11.3 Å². The van der Waals surface area contributed by atoms with Crippen LogP contribution in [0.4, 0.5) is 0 Å². The topological polar surface area (TPSA) is 62.2 Å². The molecule has 24 heavy (non-hydrogen) atoms. The van der Waals surface area contributed by atoms with Crippen LogP contribution in [0.3, 0.4) is 0 Å². The highest BCUT2D eigenvalue weighted by atomic mass is 16.5. The van der Waals surface area contributed by atoms with Crippen molar-refractivity contribution in [3.63, 3.8) is 0 Å². The first-order chi connectivity index (χ1) is 11.5. The molecule has 2 heterocycles. The highest BCUT2D eigenvalue weighted by molar-refractivity contribution is 5.79. The van der Waals surface area contributed by atoms with Gasteiger partial charge in [0.05, 0.1) is 18.8 Å². The summed E-state index contributed by atoms with van der Waals surface area (Å²) >= 11 is 0. The van der Waals surface area contributed by atoms with Gasteiger partial charge in [0.1, 0.15) is 0 Å². The van der Waals surface area contributed by atoms with E-state index in [0.29, 0.717) is 19.8 Å². The van der Waals surface area contributed by atoms with Crippen molar-refractivity contribution in [2.45, 2.75) is 44.3 Å². The number of aliphatic hydroxyl groups is 1. The molecule has 2 aliphatic heterocycles. The molecule has 3 aliphatic rings. The Morgan fingerprint density at radius 2 is 1.96 bits per heavy atom. The Morgan fingerprint density at radius 3 is 2.54 bits per heavy atom. The maximum atomic E-state index is 12.7. The third-order valence-corrected chi connectivity index (χ3v) is 6.18. The van der Waals surface area contributed by atoms with Gasteiger partial charge in [-0.3, -0.25) is 4.79 Å². The zero-order valence-electron chi connectivity index (χ0n) is 15.1. The summed E-state index contributed by atoms with van der Waals surface area (Å²) in [5.41, 5.74) is -0.126. The predicted octanol–water partition coefficient (Wildman–Crippen LogP) is 0.733. The van der Waals surface area contributed by atoms with Crippen LogP contribution in [0.15, 0.2) is 0 Å². The third-order valence-electron chi connectivity index (χ3n) is 6.18. The average Bonchev–Trinajstić information content (AvgIpc) is 2.61. The Morgan fingerprint density at radius 1 is 1.29 bits per heavy atom. The third kappa shape index (κ3) is 3.62. The molecule has 1 saturated carbocycles. The minimum Gasteiger partial charge on any atom is -0.392 e. The number of aliphatic hydroxyl groups excluding tert-OH is 1. The van der Waals surface area contributed by atoms with Crippen LogP contribution < -0.4 is 0 Å². The van der Waals surface area contributed by atoms with E-state index >= 15 is 0 Å². The van der Waals surface area contributed by atoms with Gasteiger partial charge in [0.15, 0.2) is 0 Å². The Labute approximate surface area is 145 Å². The summed E-state index contributed by atoms with van der Waals surface area (Å²) in [6.45, 7) is 4.51. The Balaban J connectivity index is 1.50. The first-order valence-electron chi connectivity index (χ1n) is 9.34. The molecule has 1 N–H and O–H groups in total. The minimum absolute atomic E-state index is 0.126. The number of piperidine rings is 1. The highest BCUT2D eigenvalue weighted by Crippen LogP contribution is 2.51. The van der Waals surface area contributed by atoms with Crippen molar-refractivity contribution in [3.8, 4) is 0 Å². The smallest absolute Gasteiger partial charge is 0.225 e. The van der Waals surface area contributed by atoms with Gasteiger partial charge in [-0.25, -0.2) is 0 Å². The number of carbonyl (C=O) groups excluding carboxylic acids is 1. The van der Waals surface area contributed by atoms with Gasteiger partial charge in [-0.1, -0.05) is 0 Å². The molecule has 1 amide bonds. The number of amides is 1. The van der Waals surface area contributed by atoms with E-state index in [4.69, 9.17) is 9.47 Å². The molecule has 6 nitrogen and oxygen atoms in total. The molecule has 0 aromatic carbocycles. The van der Waals surface area contributed by atoms with Crippen molar-refractivity contribution in [1.29, 1.82) is 0 Å². The SMILES string of the molecule is CN(C)CCO[C@@H]1C[C@H](O)C12CCN(C(=O)C1CCOCC1)CC2. The second-order valence-corrected chi connectivity index (χ2v) is 7.86. The van der Waals surface area contributed by atoms with Crippen molar-refractivity contribution in [3.05, 3.63) is 0 Å². The highest BCUT2D eigenvalue weighted by Gasteiger charge is 2.56. The summed E-state index contributed by atoms with van der Waals surface area (Å²) in [4.78, 5) is 16.8. The molecule has 3 fully saturated rings. The zero-order valence-corrected chi connectivity index (χ0v) is 15.1. The number of rotatable bonds is 5. The van der Waals surface area contributed by atoms with Crippen molar-refractivity contribution in [2.24, 2.45) is 11.3 Å². The van der Waals surface area contributed by atoms with Crippen LogP contribution in [0.5, 0.6) is 0 Å². The standard InChI is InChI=1S/C18H32N2O4/c1-19(2)9-12-24-16-13-15(21)18(16)5-7-20(8-6-18)17(22)14-3-10-23-11-4-14/h14-16,21H,3-13H2,1-2H3/t15-,16+/m0/s1. The van der Waals surface area contributed by atoms with Gasteiger partial charge < -0.3 is 24.4 Å². The van der Waals surface area contributed by atoms with E-state index in [-0.39, 0.29) is 29.4 Å². The minimum atomic E-state index is -0.276. The van der Waals surface area contributed by atoms with Crippen molar-refractivity contribution in [2.75, 3.05) is 53.6 Å². The van der Waals surface area contributed by atoms with E-state index in [2.05, 4.69) is 4.90 Å². The Hall–Kier alpha value is -0.690. The van der Waals surface area contributed by atoms with Gasteiger partial charge in [-0.2, -0.15) is 0 Å². The van der Waals surface area contributed by atoms with Gasteiger partial charge in [-0.15, -0.1) is 0 Å². The van der Waals surface area contributed by atoms with Crippen molar-refractivity contribution < 1.29 is 19.4 Å². The molecule has 2 saturated heterocycles. The largest absolute Gasteiger partial charge is 0.392 e. The molecule has 0 aromatic heterocycles. The Bertz CT molecular complexity index is 429. The Kier molecular flexibility index (Phi) is 5.80.